The molecule has 2 atom stereocenters. The van der Waals surface area contributed by atoms with Gasteiger partial charge in [0.25, 0.3) is 0 Å². The molecular weight excluding hydrogens is 509 g/mol. The van der Waals surface area contributed by atoms with Gasteiger partial charge in [0.1, 0.15) is 23.2 Å². The molecule has 1 saturated heterocycles. The molecule has 0 saturated carbocycles. The fraction of sp³-hybridized carbons (Fsp3) is 0.385. The predicted molar refractivity (Wildman–Crippen MR) is 138 cm³/mol. The predicted octanol–water partition coefficient (Wildman–Crippen LogP) is 3.52. The molecule has 2 amide bonds. The molecule has 1 aromatic carbocycles. The van der Waals surface area contributed by atoms with Crippen molar-refractivity contribution >= 4 is 23.6 Å². The van der Waals surface area contributed by atoms with Crippen molar-refractivity contribution in [3.63, 3.8) is 0 Å². The molecule has 39 heavy (non-hydrogen) atoms. The first-order valence-corrected chi connectivity index (χ1v) is 12.4. The van der Waals surface area contributed by atoms with Crippen molar-refractivity contribution in [3.8, 4) is 11.1 Å². The minimum Gasteiger partial charge on any atom is -0.444 e. The first kappa shape index (κ1) is 26.1. The lowest BCUT2D eigenvalue weighted by Gasteiger charge is -2.20. The highest BCUT2D eigenvalue weighted by molar-refractivity contribution is 5.99. The van der Waals surface area contributed by atoms with E-state index in [1.165, 1.54) is 11.0 Å². The number of pyridine rings is 1. The number of benzene rings is 1. The van der Waals surface area contributed by atoms with Crippen molar-refractivity contribution in [3.05, 3.63) is 60.4 Å². The molecule has 204 valence electrons. The number of oxime groups is 1. The highest BCUT2D eigenvalue weighted by atomic mass is 19.1. The summed E-state index contributed by atoms with van der Waals surface area (Å²) in [5.74, 6) is -0.496. The number of hydrogen-bond acceptors (Lipinski definition) is 9. The number of cyclic esters (lactones) is 1. The van der Waals surface area contributed by atoms with Gasteiger partial charge in [0.2, 0.25) is 0 Å². The Morgan fingerprint density at radius 3 is 2.77 bits per heavy atom. The fourth-order valence-corrected chi connectivity index (χ4v) is 4.20. The number of aromatic nitrogens is 4. The largest absolute Gasteiger partial charge is 0.444 e. The van der Waals surface area contributed by atoms with Crippen LogP contribution < -0.4 is 10.2 Å². The monoisotopic (exact) mass is 537 g/mol. The van der Waals surface area contributed by atoms with Crippen LogP contribution in [0.25, 0.3) is 11.1 Å². The van der Waals surface area contributed by atoms with Crippen LogP contribution in [-0.4, -0.2) is 68.8 Å². The summed E-state index contributed by atoms with van der Waals surface area (Å²) in [6.07, 6.45) is 3.40. The number of halogens is 1. The Kier molecular flexibility index (Phi) is 7.13. The third kappa shape index (κ3) is 6.30. The van der Waals surface area contributed by atoms with E-state index in [-0.39, 0.29) is 19.2 Å². The van der Waals surface area contributed by atoms with Crippen LogP contribution in [0.2, 0.25) is 0 Å². The molecule has 1 unspecified atom stereocenters. The number of anilines is 1. The number of alkyl carbamates (subject to hydrolysis) is 1. The summed E-state index contributed by atoms with van der Waals surface area (Å²) in [5.41, 5.74) is 1.94. The molecule has 1 N–H and O–H groups in total. The summed E-state index contributed by atoms with van der Waals surface area (Å²) < 4.78 is 27.3. The lowest BCUT2D eigenvalue weighted by Crippen LogP contribution is -2.37. The van der Waals surface area contributed by atoms with Gasteiger partial charge in [-0.05, 0) is 45.0 Å². The Morgan fingerprint density at radius 1 is 1.23 bits per heavy atom. The van der Waals surface area contributed by atoms with Crippen LogP contribution in [0.1, 0.15) is 32.9 Å². The summed E-state index contributed by atoms with van der Waals surface area (Å²) in [5, 5.41) is 14.4. The van der Waals surface area contributed by atoms with Crippen molar-refractivity contribution in [2.45, 2.75) is 51.5 Å². The van der Waals surface area contributed by atoms with Crippen molar-refractivity contribution in [1.82, 2.24) is 25.3 Å². The molecule has 4 heterocycles. The van der Waals surface area contributed by atoms with Gasteiger partial charge in [0, 0.05) is 29.9 Å². The van der Waals surface area contributed by atoms with Crippen LogP contribution in [0.15, 0.2) is 54.1 Å². The Bertz CT molecular complexity index is 1370. The van der Waals surface area contributed by atoms with Crippen LogP contribution in [-0.2, 0) is 20.9 Å². The molecule has 0 radical (unpaired) electrons. The zero-order valence-electron chi connectivity index (χ0n) is 21.7. The van der Waals surface area contributed by atoms with Crippen molar-refractivity contribution in [1.29, 1.82) is 0 Å². The molecule has 5 rings (SSSR count). The summed E-state index contributed by atoms with van der Waals surface area (Å²) in [6.45, 7) is 6.23. The molecule has 0 spiro atoms. The topological polar surface area (TPSA) is 133 Å². The average molecular weight is 538 g/mol. The second kappa shape index (κ2) is 10.7. The molecule has 13 heteroatoms. The highest BCUT2D eigenvalue weighted by Crippen LogP contribution is 2.29. The number of hydrogen-bond donors (Lipinski definition) is 1. The molecule has 2 aliphatic heterocycles. The van der Waals surface area contributed by atoms with Crippen molar-refractivity contribution in [2.75, 3.05) is 18.0 Å². The van der Waals surface area contributed by atoms with Gasteiger partial charge in [-0.2, -0.15) is 0 Å². The van der Waals surface area contributed by atoms with E-state index < -0.39 is 29.7 Å². The number of ether oxygens (including phenoxy) is 2. The highest BCUT2D eigenvalue weighted by Gasteiger charge is 2.33. The number of nitrogens with zero attached hydrogens (tertiary/aromatic N) is 6. The van der Waals surface area contributed by atoms with Gasteiger partial charge in [-0.1, -0.05) is 16.4 Å². The maximum Gasteiger partial charge on any atom is 0.414 e. The summed E-state index contributed by atoms with van der Waals surface area (Å²) >= 11 is 0. The van der Waals surface area contributed by atoms with Crippen LogP contribution in [0.3, 0.4) is 0 Å². The number of amides is 2. The third-order valence-electron chi connectivity index (χ3n) is 5.98. The maximum atomic E-state index is 15.1. The van der Waals surface area contributed by atoms with E-state index in [1.54, 1.807) is 68.3 Å². The average Bonchev–Trinajstić information content (AvgIpc) is 3.64. The molecule has 2 aliphatic rings. The van der Waals surface area contributed by atoms with Gasteiger partial charge in [0.05, 0.1) is 37.2 Å². The zero-order chi connectivity index (χ0) is 27.6. The molecule has 2 aromatic heterocycles. The van der Waals surface area contributed by atoms with Crippen LogP contribution in [0, 0.1) is 5.82 Å². The van der Waals surface area contributed by atoms with Gasteiger partial charge in [0.15, 0.2) is 6.10 Å². The normalized spacial score (nSPS) is 18.9. The minimum atomic E-state index is -0.587. The van der Waals surface area contributed by atoms with Gasteiger partial charge in [-0.25, -0.2) is 18.7 Å². The molecule has 0 aliphatic carbocycles. The quantitative estimate of drug-likeness (QED) is 0.484. The fourth-order valence-electron chi connectivity index (χ4n) is 4.20. The lowest BCUT2D eigenvalue weighted by atomic mass is 10.0. The SMILES string of the molecule is CC(C)(C)OC(=O)NC[C@@H]1CC(c2ccc(-c3ccc(N4CC(Cn5ccnn5)OC4=O)cc3F)cn2)=NO1. The smallest absolute Gasteiger partial charge is 0.414 e. The Balaban J connectivity index is 1.18. The van der Waals surface area contributed by atoms with Gasteiger partial charge < -0.3 is 19.6 Å². The number of rotatable bonds is 7. The van der Waals surface area contributed by atoms with Crippen molar-refractivity contribution in [2.24, 2.45) is 5.16 Å². The maximum absolute atomic E-state index is 15.1. The van der Waals surface area contributed by atoms with E-state index in [0.717, 1.165) is 0 Å². The Morgan fingerprint density at radius 2 is 2.08 bits per heavy atom. The standard InChI is InChI=1S/C26H28FN7O5/c1-26(2,3)38-24(35)29-13-18-11-23(31-39-18)22-7-4-16(12-28-22)20-6-5-17(10-21(20)27)34-15-19(37-25(34)36)14-33-9-8-30-32-33/h4-10,12,18-19H,11,13-15H2,1-3H3,(H,29,35)/t18-,19?/m0/s1. The summed E-state index contributed by atoms with van der Waals surface area (Å²) in [6, 6.07) is 8.06. The summed E-state index contributed by atoms with van der Waals surface area (Å²) in [4.78, 5) is 35.5. The lowest BCUT2D eigenvalue weighted by molar-refractivity contribution is 0.0439. The molecule has 1 fully saturated rings. The first-order valence-electron chi connectivity index (χ1n) is 12.4. The second-order valence-corrected chi connectivity index (χ2v) is 10.2. The van der Waals surface area contributed by atoms with Gasteiger partial charge >= 0.3 is 12.2 Å². The minimum absolute atomic E-state index is 0.239. The van der Waals surface area contributed by atoms with Crippen molar-refractivity contribution < 1.29 is 28.3 Å². The van der Waals surface area contributed by atoms with Crippen LogP contribution >= 0.6 is 0 Å². The molecule has 12 nitrogen and oxygen atoms in total. The van der Waals surface area contributed by atoms with E-state index in [9.17, 15) is 9.59 Å². The zero-order valence-corrected chi connectivity index (χ0v) is 21.7. The summed E-state index contributed by atoms with van der Waals surface area (Å²) in [7, 11) is 0. The van der Waals surface area contributed by atoms with E-state index >= 15 is 4.39 Å². The van der Waals surface area contributed by atoms with Gasteiger partial charge in [-0.15, -0.1) is 5.10 Å². The van der Waals surface area contributed by atoms with E-state index in [4.69, 9.17) is 14.3 Å². The van der Waals surface area contributed by atoms with Crippen LogP contribution in [0.5, 0.6) is 0 Å². The number of carbonyl (C=O) groups excluding carboxylic acids is 2. The van der Waals surface area contributed by atoms with Gasteiger partial charge in [-0.3, -0.25) is 9.88 Å². The molecule has 0 bridgehead atoms. The second-order valence-electron chi connectivity index (χ2n) is 10.2. The van der Waals surface area contributed by atoms with E-state index in [0.29, 0.717) is 41.2 Å². The Labute approximate surface area is 223 Å². The number of carbonyl (C=O) groups is 2. The van der Waals surface area contributed by atoms with Crippen LogP contribution in [0.4, 0.5) is 19.7 Å². The molecule has 3 aromatic rings. The first-order chi connectivity index (χ1) is 18.6. The number of nitrogens with one attached hydrogen (secondary N) is 1. The Hall–Kier alpha value is -4.55. The third-order valence-corrected chi connectivity index (χ3v) is 5.98. The van der Waals surface area contributed by atoms with E-state index in [2.05, 4.69) is 25.8 Å². The van der Waals surface area contributed by atoms with E-state index in [1.807, 2.05) is 0 Å². The molecular formula is C26H28FN7O5.